The van der Waals surface area contributed by atoms with Crippen molar-refractivity contribution < 1.29 is 75.7 Å². The summed E-state index contributed by atoms with van der Waals surface area (Å²) in [5.41, 5.74) is 2.37. The minimum absolute atomic E-state index is 0.0282. The number of carbonyl (C=O) groups excluding carboxylic acids is 2. The molecule has 3 rings (SSSR count). The third-order valence-electron chi connectivity index (χ3n) is 7.34. The van der Waals surface area contributed by atoms with Gasteiger partial charge in [0.1, 0.15) is 36.3 Å². The van der Waals surface area contributed by atoms with E-state index in [1.54, 1.807) is 11.8 Å². The van der Waals surface area contributed by atoms with Gasteiger partial charge in [0.2, 0.25) is 11.8 Å². The van der Waals surface area contributed by atoms with Gasteiger partial charge in [-0.1, -0.05) is 20.8 Å². The van der Waals surface area contributed by atoms with Crippen LogP contribution in [0.25, 0.3) is 11.2 Å². The fraction of sp³-hybridized carbons (Fsp3) is 0.708. The second-order valence-corrected chi connectivity index (χ2v) is 17.5. The van der Waals surface area contributed by atoms with Gasteiger partial charge in [-0.05, 0) is 12.7 Å². The molecule has 2 aromatic rings. The van der Waals surface area contributed by atoms with Crippen LogP contribution in [-0.4, -0.2) is 123 Å². The number of amides is 2. The number of nitrogens with zero attached hydrogens (tertiary/aromatic N) is 4. The Morgan fingerprint density at radius 3 is 2.43 bits per heavy atom. The second-order valence-electron chi connectivity index (χ2n) is 11.8. The monoisotopic (exact) mass is 809 g/mol. The van der Waals surface area contributed by atoms with Gasteiger partial charge in [-0.2, -0.15) is 16.1 Å². The van der Waals surface area contributed by atoms with Crippen molar-refractivity contribution in [3.63, 3.8) is 0 Å². The third kappa shape index (κ3) is 11.9. The molecule has 23 nitrogen and oxygen atoms in total. The van der Waals surface area contributed by atoms with Crippen molar-refractivity contribution >= 4 is 64.0 Å². The quantitative estimate of drug-likeness (QED) is 0.0591. The van der Waals surface area contributed by atoms with E-state index in [0.717, 1.165) is 28.7 Å². The number of hydrogen-bond donors (Lipinski definition) is 9. The first-order chi connectivity index (χ1) is 23.5. The number of thioether (sulfide) groups is 1. The van der Waals surface area contributed by atoms with Gasteiger partial charge in [0.15, 0.2) is 17.2 Å². The molecule has 0 aliphatic carbocycles. The predicted molar refractivity (Wildman–Crippen MR) is 177 cm³/mol. The van der Waals surface area contributed by atoms with E-state index < -0.39 is 78.1 Å². The Morgan fingerprint density at radius 1 is 1.12 bits per heavy atom. The molecule has 0 aromatic carbocycles. The van der Waals surface area contributed by atoms with Gasteiger partial charge in [0, 0.05) is 30.7 Å². The van der Waals surface area contributed by atoms with Crippen molar-refractivity contribution in [2.75, 3.05) is 43.5 Å². The number of phosphoric ester groups is 3. The van der Waals surface area contributed by atoms with Crippen molar-refractivity contribution in [3.05, 3.63) is 12.7 Å². The van der Waals surface area contributed by atoms with E-state index in [4.69, 9.17) is 24.0 Å². The summed E-state index contributed by atoms with van der Waals surface area (Å²) in [4.78, 5) is 75.5. The fourth-order valence-corrected chi connectivity index (χ4v) is 8.01. The molecule has 1 saturated heterocycles. The fourth-order valence-electron chi connectivity index (χ4n) is 4.66. The first-order valence-electron chi connectivity index (χ1n) is 15.0. The van der Waals surface area contributed by atoms with Crippen LogP contribution in [0, 0.1) is 5.41 Å². The molecule has 2 amide bonds. The van der Waals surface area contributed by atoms with Gasteiger partial charge in [-0.15, -0.1) is 0 Å². The Bertz CT molecular complexity index is 1680. The van der Waals surface area contributed by atoms with Gasteiger partial charge in [-0.3, -0.25) is 27.7 Å². The normalized spacial score (nSPS) is 24.2. The summed E-state index contributed by atoms with van der Waals surface area (Å²) in [7, 11) is -16.4. The molecule has 2 aromatic heterocycles. The first-order valence-corrected chi connectivity index (χ1v) is 20.7. The smallest absolute Gasteiger partial charge is 0.385 e. The zero-order chi connectivity index (χ0) is 38.4. The number of nitrogens with one attached hydrogen (secondary N) is 2. The lowest BCUT2D eigenvalue weighted by Gasteiger charge is -2.30. The van der Waals surface area contributed by atoms with Crippen molar-refractivity contribution in [2.45, 2.75) is 64.3 Å². The van der Waals surface area contributed by atoms with E-state index in [2.05, 4.69) is 29.9 Å². The van der Waals surface area contributed by atoms with Gasteiger partial charge >= 0.3 is 23.5 Å². The maximum Gasteiger partial charge on any atom is 0.481 e. The number of aliphatic hydroxyl groups excluding tert-OH is 2. The Balaban J connectivity index is 1.60. The summed E-state index contributed by atoms with van der Waals surface area (Å²) in [6, 6.07) is 0. The minimum atomic E-state index is -5.56. The second kappa shape index (κ2) is 17.4. The number of fused-ring (bicyclic) bond motifs is 1. The lowest BCUT2D eigenvalue weighted by molar-refractivity contribution is -0.137. The highest BCUT2D eigenvalue weighted by Crippen LogP contribution is 2.61. The number of nitrogen functional groups attached to an aromatic ring is 1. The topological polar surface area (TPSA) is 347 Å². The molecule has 1 fully saturated rings. The molecule has 51 heavy (non-hydrogen) atoms. The molecular formula is C24H42N7O16P3S. The third-order valence-corrected chi connectivity index (χ3v) is 11.3. The standard InChI is InChI=1S/C24H42N7O16P3S/c1-5-51-9-8-26-15(32)6-7-27-22(35)19(34)23(2,3)11-44-50(41,42)47-49(39,40)43-10-14-17(46-48(36,37)38)18(33)24(4,45-14)31-13-30-16-20(25)28-12-29-21(16)31/h12-14,17-19,33-34H,5-11H2,1-4H3,(H,26,32)(H,27,35)(H,39,40)(H,41,42)(H2,25,28,29)(H2,36,37,38). The largest absolute Gasteiger partial charge is 0.481 e. The summed E-state index contributed by atoms with van der Waals surface area (Å²) >= 11 is 1.64. The number of nitrogens with two attached hydrogens (primary N) is 1. The number of ether oxygens (including phenoxy) is 1. The summed E-state index contributed by atoms with van der Waals surface area (Å²) in [6.45, 7) is 4.13. The molecule has 10 N–H and O–H groups in total. The molecular weight excluding hydrogens is 767 g/mol. The highest BCUT2D eigenvalue weighted by Gasteiger charge is 2.57. The molecule has 1 aliphatic rings. The Hall–Kier alpha value is -2.11. The van der Waals surface area contributed by atoms with E-state index in [9.17, 15) is 53.1 Å². The number of carbonyl (C=O) groups is 2. The molecule has 1 aliphatic heterocycles. The molecule has 7 atom stereocenters. The molecule has 0 bridgehead atoms. The van der Waals surface area contributed by atoms with Crippen LogP contribution in [0.1, 0.15) is 34.1 Å². The molecule has 27 heteroatoms. The highest BCUT2D eigenvalue weighted by atomic mass is 32.2. The van der Waals surface area contributed by atoms with Crippen LogP contribution in [-0.2, 0) is 51.6 Å². The van der Waals surface area contributed by atoms with E-state index in [0.29, 0.717) is 6.54 Å². The average Bonchev–Trinajstić information content (AvgIpc) is 3.56. The van der Waals surface area contributed by atoms with Gasteiger partial charge in [0.25, 0.3) is 0 Å². The molecule has 0 saturated carbocycles. The zero-order valence-corrected chi connectivity index (χ0v) is 31.3. The lowest BCUT2D eigenvalue weighted by Crippen LogP contribution is -2.46. The summed E-state index contributed by atoms with van der Waals surface area (Å²) in [5.74, 6) is 0.334. The minimum Gasteiger partial charge on any atom is -0.385 e. The Morgan fingerprint density at radius 2 is 1.78 bits per heavy atom. The molecule has 3 heterocycles. The summed E-state index contributed by atoms with van der Waals surface area (Å²) in [5, 5.41) is 26.6. The van der Waals surface area contributed by atoms with Gasteiger partial charge in [-0.25, -0.2) is 28.6 Å². The molecule has 0 radical (unpaired) electrons. The van der Waals surface area contributed by atoms with Crippen LogP contribution < -0.4 is 16.4 Å². The van der Waals surface area contributed by atoms with Crippen LogP contribution in [0.15, 0.2) is 12.7 Å². The van der Waals surface area contributed by atoms with E-state index in [1.807, 2.05) is 6.92 Å². The number of imidazole rings is 1. The van der Waals surface area contributed by atoms with Gasteiger partial charge < -0.3 is 50.9 Å². The first kappa shape index (κ1) is 43.3. The SMILES string of the molecule is CCSCCNC(=O)CCNC(=O)C(O)C(C)(C)COP(=O)(O)OP(=O)(O)OCC1OC(C)(n2cnc3c(N)ncnc32)C(O)C1OP(=O)(O)O. The van der Waals surface area contributed by atoms with Crippen molar-refractivity contribution in [2.24, 2.45) is 5.41 Å². The predicted octanol–water partition coefficient (Wildman–Crippen LogP) is -0.668. The maximum absolute atomic E-state index is 12.7. The van der Waals surface area contributed by atoms with E-state index in [1.165, 1.54) is 20.8 Å². The number of anilines is 1. The Labute approximate surface area is 295 Å². The zero-order valence-electron chi connectivity index (χ0n) is 27.8. The van der Waals surface area contributed by atoms with Gasteiger partial charge in [0.05, 0.1) is 19.5 Å². The Kier molecular flexibility index (Phi) is 14.7. The van der Waals surface area contributed by atoms with Crippen LogP contribution in [0.3, 0.4) is 0 Å². The summed E-state index contributed by atoms with van der Waals surface area (Å²) < 4.78 is 62.5. The van der Waals surface area contributed by atoms with Crippen molar-refractivity contribution in [3.8, 4) is 0 Å². The van der Waals surface area contributed by atoms with Crippen molar-refractivity contribution in [1.29, 1.82) is 0 Å². The van der Waals surface area contributed by atoms with Crippen LogP contribution in [0.4, 0.5) is 5.82 Å². The number of rotatable bonds is 20. The molecule has 7 unspecified atom stereocenters. The number of hydrogen-bond acceptors (Lipinski definition) is 17. The van der Waals surface area contributed by atoms with Crippen LogP contribution in [0.5, 0.6) is 0 Å². The maximum atomic E-state index is 12.7. The lowest BCUT2D eigenvalue weighted by atomic mass is 9.87. The van der Waals surface area contributed by atoms with Crippen LogP contribution >= 0.6 is 35.2 Å². The molecule has 290 valence electrons. The molecule has 0 spiro atoms. The highest BCUT2D eigenvalue weighted by molar-refractivity contribution is 7.99. The number of aliphatic hydroxyl groups is 2. The number of phosphoric acid groups is 3. The van der Waals surface area contributed by atoms with E-state index >= 15 is 0 Å². The number of aromatic nitrogens is 4. The average molecular weight is 810 g/mol. The van der Waals surface area contributed by atoms with Crippen LogP contribution in [0.2, 0.25) is 0 Å². The summed E-state index contributed by atoms with van der Waals surface area (Å²) in [6.07, 6.45) is -5.29. The van der Waals surface area contributed by atoms with Crippen molar-refractivity contribution in [1.82, 2.24) is 30.2 Å². The van der Waals surface area contributed by atoms with E-state index in [-0.39, 0.29) is 35.9 Å².